The van der Waals surface area contributed by atoms with Crippen LogP contribution >= 0.6 is 15.9 Å². The molecule has 112 valence electrons. The van der Waals surface area contributed by atoms with Crippen LogP contribution in [0.1, 0.15) is 11.5 Å². The van der Waals surface area contributed by atoms with Crippen LogP contribution in [-0.4, -0.2) is 61.9 Å². The van der Waals surface area contributed by atoms with Gasteiger partial charge in [0.05, 0.1) is 6.26 Å². The Morgan fingerprint density at radius 2 is 1.75 bits per heavy atom. The summed E-state index contributed by atoms with van der Waals surface area (Å²) in [5.41, 5.74) is 1.33. The van der Waals surface area contributed by atoms with Gasteiger partial charge in [0, 0.05) is 44.0 Å². The van der Waals surface area contributed by atoms with Crippen molar-refractivity contribution in [3.63, 3.8) is 0 Å². The predicted octanol–water partition coefficient (Wildman–Crippen LogP) is 1.74. The Kier molecular flexibility index (Phi) is 5.60. The third-order valence-electron chi connectivity index (χ3n) is 3.74. The molecule has 1 aromatic carbocycles. The molecule has 1 saturated heterocycles. The topological polar surface area (TPSA) is 40.6 Å². The number of nitrogens with zero attached hydrogens (tertiary/aromatic N) is 2. The molecule has 1 aliphatic rings. The Hall–Kier alpha value is -0.430. The van der Waals surface area contributed by atoms with Gasteiger partial charge in [-0.1, -0.05) is 46.3 Å². The van der Waals surface area contributed by atoms with Gasteiger partial charge in [-0.3, -0.25) is 0 Å². The molecular weight excluding hydrogens is 340 g/mol. The second-order valence-electron chi connectivity index (χ2n) is 5.22. The zero-order valence-electron chi connectivity index (χ0n) is 11.7. The van der Waals surface area contributed by atoms with Gasteiger partial charge in [-0.15, -0.1) is 0 Å². The van der Waals surface area contributed by atoms with Gasteiger partial charge in [0.25, 0.3) is 0 Å². The molecule has 0 aromatic heterocycles. The lowest BCUT2D eigenvalue weighted by Crippen LogP contribution is -2.49. The van der Waals surface area contributed by atoms with E-state index in [-0.39, 0.29) is 0 Å². The Morgan fingerprint density at radius 3 is 2.25 bits per heavy atom. The van der Waals surface area contributed by atoms with Crippen molar-refractivity contribution in [2.24, 2.45) is 0 Å². The van der Waals surface area contributed by atoms with Crippen molar-refractivity contribution >= 4 is 26.0 Å². The second kappa shape index (κ2) is 7.02. The minimum Gasteiger partial charge on any atom is -0.300 e. The third kappa shape index (κ3) is 4.28. The first-order valence-corrected chi connectivity index (χ1v) is 9.76. The van der Waals surface area contributed by atoms with E-state index < -0.39 is 10.0 Å². The summed E-state index contributed by atoms with van der Waals surface area (Å²) in [6, 6.07) is 10.5. The number of halogens is 1. The molecule has 4 nitrogen and oxygen atoms in total. The molecule has 1 unspecified atom stereocenters. The summed E-state index contributed by atoms with van der Waals surface area (Å²) in [5.74, 6) is 0.445. The fourth-order valence-corrected chi connectivity index (χ4v) is 3.93. The summed E-state index contributed by atoms with van der Waals surface area (Å²) < 4.78 is 24.6. The molecule has 1 heterocycles. The van der Waals surface area contributed by atoms with Gasteiger partial charge in [-0.05, 0) is 5.56 Å². The Bertz CT molecular complexity index is 513. The van der Waals surface area contributed by atoms with Crippen LogP contribution in [0.3, 0.4) is 0 Å². The van der Waals surface area contributed by atoms with E-state index in [0.29, 0.717) is 19.0 Å². The zero-order chi connectivity index (χ0) is 14.6. The van der Waals surface area contributed by atoms with E-state index in [1.807, 2.05) is 6.07 Å². The van der Waals surface area contributed by atoms with Gasteiger partial charge < -0.3 is 4.90 Å². The van der Waals surface area contributed by atoms with Crippen LogP contribution in [0.2, 0.25) is 0 Å². The number of hydrogen-bond acceptors (Lipinski definition) is 3. The van der Waals surface area contributed by atoms with Crippen LogP contribution in [0.25, 0.3) is 0 Å². The van der Waals surface area contributed by atoms with Crippen molar-refractivity contribution < 1.29 is 8.42 Å². The van der Waals surface area contributed by atoms with E-state index in [1.54, 1.807) is 4.31 Å². The van der Waals surface area contributed by atoms with Gasteiger partial charge >= 0.3 is 0 Å². The van der Waals surface area contributed by atoms with Crippen molar-refractivity contribution in [2.75, 3.05) is 44.3 Å². The molecule has 2 rings (SSSR count). The van der Waals surface area contributed by atoms with E-state index >= 15 is 0 Å². The first-order valence-electron chi connectivity index (χ1n) is 6.79. The van der Waals surface area contributed by atoms with Crippen LogP contribution in [-0.2, 0) is 10.0 Å². The van der Waals surface area contributed by atoms with Gasteiger partial charge in [0.2, 0.25) is 10.0 Å². The van der Waals surface area contributed by atoms with Gasteiger partial charge in [0.1, 0.15) is 0 Å². The standard InChI is InChI=1S/C14H21BrN2O2S/c1-20(18,19)17-9-7-16(8-10-17)12-14(11-15)13-5-3-2-4-6-13/h2-6,14H,7-12H2,1H3. The lowest BCUT2D eigenvalue weighted by Gasteiger charge is -2.35. The fourth-order valence-electron chi connectivity index (χ4n) is 2.52. The van der Waals surface area contributed by atoms with Crippen LogP contribution < -0.4 is 0 Å². The van der Waals surface area contributed by atoms with Crippen LogP contribution in [0.15, 0.2) is 30.3 Å². The second-order valence-corrected chi connectivity index (χ2v) is 7.85. The van der Waals surface area contributed by atoms with Gasteiger partial charge in [-0.2, -0.15) is 4.31 Å². The fraction of sp³-hybridized carbons (Fsp3) is 0.571. The molecule has 1 atom stereocenters. The summed E-state index contributed by atoms with van der Waals surface area (Å²) in [4.78, 5) is 2.35. The SMILES string of the molecule is CS(=O)(=O)N1CCN(CC(CBr)c2ccccc2)CC1. The molecule has 0 amide bonds. The molecule has 20 heavy (non-hydrogen) atoms. The minimum absolute atomic E-state index is 0.445. The van der Waals surface area contributed by atoms with E-state index in [0.717, 1.165) is 25.0 Å². The van der Waals surface area contributed by atoms with Crippen LogP contribution in [0.5, 0.6) is 0 Å². The summed E-state index contributed by atoms with van der Waals surface area (Å²) in [5, 5.41) is 0.920. The normalized spacial score (nSPS) is 19.9. The highest BCUT2D eigenvalue weighted by atomic mass is 79.9. The monoisotopic (exact) mass is 360 g/mol. The van der Waals surface area contributed by atoms with Crippen molar-refractivity contribution in [2.45, 2.75) is 5.92 Å². The van der Waals surface area contributed by atoms with Crippen LogP contribution in [0.4, 0.5) is 0 Å². The smallest absolute Gasteiger partial charge is 0.211 e. The molecule has 0 radical (unpaired) electrons. The van der Waals surface area contributed by atoms with E-state index in [2.05, 4.69) is 45.1 Å². The van der Waals surface area contributed by atoms with Crippen molar-refractivity contribution in [3.8, 4) is 0 Å². The zero-order valence-corrected chi connectivity index (χ0v) is 14.1. The van der Waals surface area contributed by atoms with Crippen LogP contribution in [0, 0.1) is 0 Å². The molecular formula is C14H21BrN2O2S. The largest absolute Gasteiger partial charge is 0.300 e. The molecule has 0 N–H and O–H groups in total. The summed E-state index contributed by atoms with van der Waals surface area (Å²) >= 11 is 3.59. The molecule has 0 saturated carbocycles. The highest BCUT2D eigenvalue weighted by molar-refractivity contribution is 9.09. The minimum atomic E-state index is -3.04. The third-order valence-corrected chi connectivity index (χ3v) is 5.82. The van der Waals surface area contributed by atoms with E-state index in [9.17, 15) is 8.42 Å². The van der Waals surface area contributed by atoms with E-state index in [1.165, 1.54) is 11.8 Å². The van der Waals surface area contributed by atoms with E-state index in [4.69, 9.17) is 0 Å². The summed E-state index contributed by atoms with van der Waals surface area (Å²) in [7, 11) is -3.04. The Balaban J connectivity index is 1.91. The van der Waals surface area contributed by atoms with Crippen molar-refractivity contribution in [3.05, 3.63) is 35.9 Å². The number of hydrogen-bond donors (Lipinski definition) is 0. The number of alkyl halides is 1. The number of piperazine rings is 1. The number of sulfonamides is 1. The number of rotatable bonds is 5. The van der Waals surface area contributed by atoms with Crippen molar-refractivity contribution in [1.29, 1.82) is 0 Å². The molecule has 1 fully saturated rings. The maximum absolute atomic E-state index is 11.5. The predicted molar refractivity (Wildman–Crippen MR) is 85.8 cm³/mol. The first kappa shape index (κ1) is 15.9. The molecule has 1 aromatic rings. The first-order chi connectivity index (χ1) is 9.50. The van der Waals surface area contributed by atoms with Gasteiger partial charge in [0.15, 0.2) is 0 Å². The summed E-state index contributed by atoms with van der Waals surface area (Å²) in [6.45, 7) is 3.78. The molecule has 6 heteroatoms. The Labute approximate surface area is 129 Å². The highest BCUT2D eigenvalue weighted by Crippen LogP contribution is 2.20. The Morgan fingerprint density at radius 1 is 1.15 bits per heavy atom. The van der Waals surface area contributed by atoms with Gasteiger partial charge in [-0.25, -0.2) is 8.42 Å². The molecule has 0 bridgehead atoms. The highest BCUT2D eigenvalue weighted by Gasteiger charge is 2.24. The molecule has 0 spiro atoms. The maximum Gasteiger partial charge on any atom is 0.211 e. The lowest BCUT2D eigenvalue weighted by molar-refractivity contribution is 0.182. The van der Waals surface area contributed by atoms with Crippen molar-refractivity contribution in [1.82, 2.24) is 9.21 Å². The average Bonchev–Trinajstić information content (AvgIpc) is 2.45. The maximum atomic E-state index is 11.5. The quantitative estimate of drug-likeness (QED) is 0.751. The molecule has 0 aliphatic carbocycles. The summed E-state index contributed by atoms with van der Waals surface area (Å²) in [6.07, 6.45) is 1.29. The number of benzene rings is 1. The molecule has 1 aliphatic heterocycles. The lowest BCUT2D eigenvalue weighted by atomic mass is 10.0. The average molecular weight is 361 g/mol.